The van der Waals surface area contributed by atoms with E-state index in [0.29, 0.717) is 45.2 Å². The molecule has 14 nitrogen and oxygen atoms in total. The van der Waals surface area contributed by atoms with Crippen LogP contribution in [0, 0.1) is 23.7 Å². The number of hydrogen-bond donors (Lipinski definition) is 4. The number of imidazole rings is 2. The minimum Gasteiger partial charge on any atom is -0.465 e. The van der Waals surface area contributed by atoms with Crippen LogP contribution < -0.4 is 5.32 Å². The van der Waals surface area contributed by atoms with Crippen molar-refractivity contribution in [1.82, 2.24) is 40.0 Å². The third-order valence-electron chi connectivity index (χ3n) is 13.3. The number of likely N-dealkylation sites (N-methyl/N-ethyl adjacent to an activating group) is 1. The Morgan fingerprint density at radius 1 is 0.726 bits per heavy atom. The number of H-pyrrole nitrogens is 2. The fraction of sp³-hybridized carbons (Fsp3) is 0.435. The number of aromatic amines is 2. The van der Waals surface area contributed by atoms with Crippen molar-refractivity contribution in [2.75, 3.05) is 14.2 Å². The second kappa shape index (κ2) is 15.9. The Morgan fingerprint density at radius 2 is 1.21 bits per heavy atom. The van der Waals surface area contributed by atoms with Crippen molar-refractivity contribution in [2.45, 2.75) is 89.6 Å². The van der Waals surface area contributed by atoms with E-state index in [4.69, 9.17) is 37.9 Å². The van der Waals surface area contributed by atoms with Crippen LogP contribution >= 0.6 is 23.2 Å². The second-order valence-corrected chi connectivity index (χ2v) is 18.7. The molecule has 16 heteroatoms. The first-order valence-electron chi connectivity index (χ1n) is 21.2. The highest BCUT2D eigenvalue weighted by Gasteiger charge is 2.58. The van der Waals surface area contributed by atoms with Gasteiger partial charge in [-0.25, -0.2) is 19.6 Å². The Hall–Kier alpha value is -5.60. The van der Waals surface area contributed by atoms with Gasteiger partial charge in [0.15, 0.2) is 10.3 Å². The maximum atomic E-state index is 13.9. The summed E-state index contributed by atoms with van der Waals surface area (Å²) in [5.41, 5.74) is 5.12. The molecule has 0 spiro atoms. The third kappa shape index (κ3) is 7.44. The maximum absolute atomic E-state index is 13.9. The number of halogens is 2. The van der Waals surface area contributed by atoms with E-state index in [2.05, 4.69) is 45.6 Å². The van der Waals surface area contributed by atoms with Crippen LogP contribution in [-0.2, 0) is 14.3 Å². The van der Waals surface area contributed by atoms with Crippen LogP contribution in [0.25, 0.3) is 44.4 Å². The normalized spacial score (nSPS) is 23.3. The number of benzene rings is 3. The summed E-state index contributed by atoms with van der Waals surface area (Å²) in [6.45, 7) is 7.53. The number of alkyl carbamates (subject to hydrolysis) is 1. The summed E-state index contributed by atoms with van der Waals surface area (Å²) in [6.07, 6.45) is 1.59. The molecular weight excluding hydrogens is 831 g/mol. The number of nitrogens with zero attached hydrogens (tertiary/aromatic N) is 5. The van der Waals surface area contributed by atoms with Gasteiger partial charge in [-0.3, -0.25) is 14.5 Å². The lowest BCUT2D eigenvalue weighted by molar-refractivity contribution is -0.140. The van der Waals surface area contributed by atoms with Gasteiger partial charge in [-0.1, -0.05) is 99.4 Å². The molecule has 4 N–H and O–H groups in total. The molecule has 2 aliphatic carbocycles. The average Bonchev–Trinajstić information content (AvgIpc) is 3.96. The summed E-state index contributed by atoms with van der Waals surface area (Å²) in [5, 5.41) is 15.1. The fourth-order valence-electron chi connectivity index (χ4n) is 9.91. The molecule has 5 aromatic rings. The summed E-state index contributed by atoms with van der Waals surface area (Å²) in [5.74, 6) is 1.31. The predicted molar refractivity (Wildman–Crippen MR) is 235 cm³/mol. The lowest BCUT2D eigenvalue weighted by atomic mass is 9.98. The van der Waals surface area contributed by atoms with E-state index in [-0.39, 0.29) is 47.8 Å². The van der Waals surface area contributed by atoms with Gasteiger partial charge in [-0.2, -0.15) is 0 Å². The van der Waals surface area contributed by atoms with Gasteiger partial charge in [-0.05, 0) is 83.4 Å². The summed E-state index contributed by atoms with van der Waals surface area (Å²) < 4.78 is 4.80. The molecule has 4 aliphatic rings. The number of carboxylic acid groups (broad SMARTS) is 1. The number of methoxy groups -OCH3 is 1. The first-order chi connectivity index (χ1) is 29.6. The number of amides is 4. The number of nitrogens with one attached hydrogen (secondary N) is 3. The molecule has 0 radical (unpaired) electrons. The molecule has 4 amide bonds. The van der Waals surface area contributed by atoms with Gasteiger partial charge in [-0.15, -0.1) is 0 Å². The number of likely N-dealkylation sites (tertiary alicyclic amines) is 2. The van der Waals surface area contributed by atoms with Gasteiger partial charge in [0.2, 0.25) is 11.8 Å². The van der Waals surface area contributed by atoms with Gasteiger partial charge in [0.05, 0.1) is 30.6 Å². The van der Waals surface area contributed by atoms with E-state index in [9.17, 15) is 24.3 Å². The highest BCUT2D eigenvalue weighted by Crippen LogP contribution is 2.55. The van der Waals surface area contributed by atoms with Crippen LogP contribution in [0.4, 0.5) is 9.59 Å². The van der Waals surface area contributed by atoms with Gasteiger partial charge in [0.25, 0.3) is 0 Å². The standard InChI is InChI=1S/C46H50Cl2N8O6/c1-21(2)35(51-45(59)62-6)43(57)55-31-17-29(31)19-33(55)41-49-36(39(47)52-41)24-9-7-23(8-10-24)25-11-12-27-16-28(14-13-26(27)15-25)37-40(48)53-42(50-37)34-20-30-18-32(30)56(34)44(58)38(22(3)4)54(5)46(60)61/h7-16,21-22,29-35,38H,17-20H2,1-6H3,(H,49,52)(H,50,53)(H,51,59)(H,60,61)/t29-,30-,31-,32-,33+,34+,35+,38+/m1/s1. The summed E-state index contributed by atoms with van der Waals surface area (Å²) in [4.78, 5) is 72.9. The molecule has 4 fully saturated rings. The van der Waals surface area contributed by atoms with E-state index in [0.717, 1.165) is 63.6 Å². The van der Waals surface area contributed by atoms with Crippen molar-refractivity contribution < 1.29 is 29.0 Å². The van der Waals surface area contributed by atoms with Crippen LogP contribution in [0.3, 0.4) is 0 Å². The molecule has 62 heavy (non-hydrogen) atoms. The lowest BCUT2D eigenvalue weighted by Crippen LogP contribution is -2.52. The van der Waals surface area contributed by atoms with E-state index >= 15 is 0 Å². The summed E-state index contributed by atoms with van der Waals surface area (Å²) in [6, 6.07) is 18.6. The smallest absolute Gasteiger partial charge is 0.407 e. The van der Waals surface area contributed by atoms with Crippen molar-refractivity contribution in [3.05, 3.63) is 82.6 Å². The van der Waals surface area contributed by atoms with Crippen molar-refractivity contribution in [3.63, 3.8) is 0 Å². The lowest BCUT2D eigenvalue weighted by Gasteiger charge is -2.35. The summed E-state index contributed by atoms with van der Waals surface area (Å²) >= 11 is 13.5. The van der Waals surface area contributed by atoms with Crippen LogP contribution in [0.5, 0.6) is 0 Å². The Morgan fingerprint density at radius 3 is 1.73 bits per heavy atom. The van der Waals surface area contributed by atoms with Crippen LogP contribution in [0.15, 0.2) is 60.7 Å². The summed E-state index contributed by atoms with van der Waals surface area (Å²) in [7, 11) is 2.74. The Kier molecular flexibility index (Phi) is 10.7. The monoisotopic (exact) mass is 880 g/mol. The maximum Gasteiger partial charge on any atom is 0.407 e. The topological polar surface area (TPSA) is 177 Å². The number of piperidine rings is 2. The predicted octanol–water partition coefficient (Wildman–Crippen LogP) is 8.93. The molecule has 0 bridgehead atoms. The first kappa shape index (κ1) is 41.7. The van der Waals surface area contributed by atoms with E-state index in [1.54, 1.807) is 0 Å². The Labute approximate surface area is 369 Å². The van der Waals surface area contributed by atoms with Gasteiger partial charge in [0, 0.05) is 30.3 Å². The molecule has 2 saturated heterocycles. The average molecular weight is 882 g/mol. The quantitative estimate of drug-likeness (QED) is 0.102. The molecule has 2 saturated carbocycles. The molecule has 3 aromatic carbocycles. The zero-order chi connectivity index (χ0) is 43.9. The minimum absolute atomic E-state index is 0.0744. The van der Waals surface area contributed by atoms with E-state index < -0.39 is 24.3 Å². The second-order valence-electron chi connectivity index (χ2n) is 18.0. The number of carbonyl (C=O) groups excluding carboxylic acids is 3. The number of aromatic nitrogens is 4. The minimum atomic E-state index is -1.14. The molecule has 0 unspecified atom stereocenters. The molecular formula is C46H50Cl2N8O6. The SMILES string of the molecule is COC(=O)N[C@H](C(=O)N1[C@@H]2C[C@@H]2C[C@H]1c1nc(Cl)c(-c2ccc(-c3ccc4cc(-c5[nH]c([C@@H]6C[C@H]7C[C@H]7N6C(=O)[C@H](C(C)C)N(C)C(=O)O)nc5Cl)ccc4c3)cc2)[nH]1)C(C)C. The number of carbonyl (C=O) groups is 4. The Balaban J connectivity index is 0.911. The zero-order valence-corrected chi connectivity index (χ0v) is 36.9. The van der Waals surface area contributed by atoms with Crippen molar-refractivity contribution in [2.24, 2.45) is 23.7 Å². The van der Waals surface area contributed by atoms with Gasteiger partial charge < -0.3 is 34.9 Å². The first-order valence-corrected chi connectivity index (χ1v) is 22.0. The molecule has 2 aliphatic heterocycles. The molecule has 4 heterocycles. The number of rotatable bonds is 11. The van der Waals surface area contributed by atoms with Crippen molar-refractivity contribution in [1.29, 1.82) is 0 Å². The largest absolute Gasteiger partial charge is 0.465 e. The van der Waals surface area contributed by atoms with Crippen LogP contribution in [0.2, 0.25) is 10.3 Å². The van der Waals surface area contributed by atoms with Crippen molar-refractivity contribution >= 4 is 58.0 Å². The molecule has 324 valence electrons. The van der Waals surface area contributed by atoms with E-state index in [1.807, 2.05) is 67.8 Å². The van der Waals surface area contributed by atoms with Gasteiger partial charge in [0.1, 0.15) is 23.7 Å². The van der Waals surface area contributed by atoms with E-state index in [1.165, 1.54) is 14.2 Å². The van der Waals surface area contributed by atoms with Gasteiger partial charge >= 0.3 is 12.2 Å². The molecule has 9 rings (SSSR count). The van der Waals surface area contributed by atoms with Crippen molar-refractivity contribution in [3.8, 4) is 33.6 Å². The van der Waals surface area contributed by atoms with Crippen LogP contribution in [-0.4, -0.2) is 102 Å². The third-order valence-corrected chi connectivity index (χ3v) is 13.9. The fourth-order valence-corrected chi connectivity index (χ4v) is 10.4. The molecule has 8 atom stereocenters. The Bertz CT molecular complexity index is 2590. The number of hydrogen-bond acceptors (Lipinski definition) is 7. The zero-order valence-electron chi connectivity index (χ0n) is 35.4. The highest BCUT2D eigenvalue weighted by atomic mass is 35.5. The molecule has 2 aromatic heterocycles. The highest BCUT2D eigenvalue weighted by molar-refractivity contribution is 6.32. The number of ether oxygens (including phenoxy) is 1. The number of fused-ring (bicyclic) bond motifs is 3. The van der Waals surface area contributed by atoms with Crippen LogP contribution in [0.1, 0.15) is 77.1 Å².